The highest BCUT2D eigenvalue weighted by atomic mass is 32.1. The molecule has 2 N–H and O–H groups in total. The Hall–Kier alpha value is -2.63. The topological polar surface area (TPSA) is 50.4 Å². The number of hydrogen-bond acceptors (Lipinski definition) is 4. The molecule has 0 spiro atoms. The lowest BCUT2D eigenvalue weighted by atomic mass is 10.0. The van der Waals surface area contributed by atoms with Crippen LogP contribution in [0, 0.1) is 6.92 Å². The molecule has 1 heterocycles. The number of rotatable bonds is 7. The molecule has 4 nitrogen and oxygen atoms in total. The van der Waals surface area contributed by atoms with Crippen molar-refractivity contribution < 1.29 is 9.53 Å². The standard InChI is InChI=1S/C21H22N2O2S/c1-15-5-7-16(8-6-15)21(19-4-3-13-26-19)22-14-20(24)23-17-9-11-18(25-2)12-10-17/h3-13,21-22H,14H2,1-2H3,(H,23,24)/t21-/m0/s1. The normalized spacial score (nSPS) is 11.8. The van der Waals surface area contributed by atoms with E-state index in [1.165, 1.54) is 10.4 Å². The number of carbonyl (C=O) groups excluding carboxylic acids is 1. The largest absolute Gasteiger partial charge is 0.497 e. The van der Waals surface area contributed by atoms with Crippen molar-refractivity contribution in [3.05, 3.63) is 82.0 Å². The summed E-state index contributed by atoms with van der Waals surface area (Å²) in [6, 6.07) is 19.8. The number of hydrogen-bond donors (Lipinski definition) is 2. The van der Waals surface area contributed by atoms with E-state index < -0.39 is 0 Å². The SMILES string of the molecule is COc1ccc(NC(=O)CN[C@@H](c2ccc(C)cc2)c2cccs2)cc1. The summed E-state index contributed by atoms with van der Waals surface area (Å²) < 4.78 is 5.13. The van der Waals surface area contributed by atoms with Crippen LogP contribution in [0.25, 0.3) is 0 Å². The predicted octanol–water partition coefficient (Wildman–Crippen LogP) is 4.38. The molecule has 0 aliphatic rings. The molecule has 0 radical (unpaired) electrons. The molecule has 0 fully saturated rings. The fourth-order valence-electron chi connectivity index (χ4n) is 2.67. The van der Waals surface area contributed by atoms with Gasteiger partial charge in [0.25, 0.3) is 0 Å². The second-order valence-electron chi connectivity index (χ2n) is 6.02. The van der Waals surface area contributed by atoms with Gasteiger partial charge in [-0.2, -0.15) is 0 Å². The van der Waals surface area contributed by atoms with Crippen molar-refractivity contribution in [1.82, 2.24) is 5.32 Å². The first-order valence-corrected chi connectivity index (χ1v) is 9.31. The van der Waals surface area contributed by atoms with E-state index in [1.54, 1.807) is 18.4 Å². The molecule has 0 aliphatic carbocycles. The summed E-state index contributed by atoms with van der Waals surface area (Å²) in [5.74, 6) is 0.682. The Balaban J connectivity index is 1.65. The van der Waals surface area contributed by atoms with Gasteiger partial charge in [0.15, 0.2) is 0 Å². The second-order valence-corrected chi connectivity index (χ2v) is 7.00. The van der Waals surface area contributed by atoms with E-state index in [2.05, 4.69) is 53.3 Å². The van der Waals surface area contributed by atoms with E-state index >= 15 is 0 Å². The highest BCUT2D eigenvalue weighted by Crippen LogP contribution is 2.26. The number of benzene rings is 2. The van der Waals surface area contributed by atoms with Gasteiger partial charge in [-0.1, -0.05) is 35.9 Å². The van der Waals surface area contributed by atoms with Crippen LogP contribution in [0.5, 0.6) is 5.75 Å². The Labute approximate surface area is 157 Å². The van der Waals surface area contributed by atoms with Crippen molar-refractivity contribution in [3.63, 3.8) is 0 Å². The summed E-state index contributed by atoms with van der Waals surface area (Å²) in [4.78, 5) is 13.5. The van der Waals surface area contributed by atoms with Crippen molar-refractivity contribution in [2.24, 2.45) is 0 Å². The van der Waals surface area contributed by atoms with Crippen molar-refractivity contribution in [2.45, 2.75) is 13.0 Å². The van der Waals surface area contributed by atoms with Gasteiger partial charge in [0.2, 0.25) is 5.91 Å². The lowest BCUT2D eigenvalue weighted by Gasteiger charge is -2.18. The molecule has 2 aromatic carbocycles. The average molecular weight is 366 g/mol. The highest BCUT2D eigenvalue weighted by Gasteiger charge is 2.16. The number of carbonyl (C=O) groups is 1. The molecule has 26 heavy (non-hydrogen) atoms. The first-order chi connectivity index (χ1) is 12.7. The van der Waals surface area contributed by atoms with Crippen molar-refractivity contribution in [2.75, 3.05) is 19.0 Å². The lowest BCUT2D eigenvalue weighted by molar-refractivity contribution is -0.115. The summed E-state index contributed by atoms with van der Waals surface area (Å²) in [5, 5.41) is 8.33. The second kappa shape index (κ2) is 8.65. The van der Waals surface area contributed by atoms with Crippen molar-refractivity contribution in [3.8, 4) is 5.75 Å². The van der Waals surface area contributed by atoms with Crippen LogP contribution >= 0.6 is 11.3 Å². The monoisotopic (exact) mass is 366 g/mol. The van der Waals surface area contributed by atoms with Gasteiger partial charge in [-0.25, -0.2) is 0 Å². The number of thiophene rings is 1. The van der Waals surface area contributed by atoms with Gasteiger partial charge in [-0.3, -0.25) is 10.1 Å². The zero-order valence-corrected chi connectivity index (χ0v) is 15.7. The van der Waals surface area contributed by atoms with Crippen LogP contribution in [0.1, 0.15) is 22.0 Å². The maximum atomic E-state index is 12.3. The van der Waals surface area contributed by atoms with Gasteiger partial charge in [0, 0.05) is 10.6 Å². The molecule has 0 aliphatic heterocycles. The van der Waals surface area contributed by atoms with Crippen LogP contribution in [-0.4, -0.2) is 19.6 Å². The third-order valence-corrected chi connectivity index (χ3v) is 5.02. The smallest absolute Gasteiger partial charge is 0.238 e. The minimum absolute atomic E-state index is 0.00258. The van der Waals surface area contributed by atoms with E-state index in [0.717, 1.165) is 17.0 Å². The summed E-state index contributed by atoms with van der Waals surface area (Å²) >= 11 is 1.68. The summed E-state index contributed by atoms with van der Waals surface area (Å²) in [5.41, 5.74) is 3.12. The van der Waals surface area contributed by atoms with Gasteiger partial charge >= 0.3 is 0 Å². The Morgan fingerprint density at radius 1 is 1.08 bits per heavy atom. The fraction of sp³-hybridized carbons (Fsp3) is 0.190. The van der Waals surface area contributed by atoms with Crippen LogP contribution in [-0.2, 0) is 4.79 Å². The molecule has 1 aromatic heterocycles. The van der Waals surface area contributed by atoms with Gasteiger partial charge in [-0.05, 0) is 48.2 Å². The number of ether oxygens (including phenoxy) is 1. The number of nitrogens with one attached hydrogen (secondary N) is 2. The number of amides is 1. The molecule has 1 atom stereocenters. The van der Waals surface area contributed by atoms with Gasteiger partial charge in [0.05, 0.1) is 19.7 Å². The van der Waals surface area contributed by atoms with Crippen LogP contribution in [0.4, 0.5) is 5.69 Å². The van der Waals surface area contributed by atoms with Crippen molar-refractivity contribution >= 4 is 22.9 Å². The van der Waals surface area contributed by atoms with Gasteiger partial charge in [0.1, 0.15) is 5.75 Å². The van der Waals surface area contributed by atoms with E-state index in [9.17, 15) is 4.79 Å². The van der Waals surface area contributed by atoms with Gasteiger partial charge in [-0.15, -0.1) is 11.3 Å². The van der Waals surface area contributed by atoms with E-state index in [4.69, 9.17) is 4.74 Å². The van der Waals surface area contributed by atoms with Crippen LogP contribution in [0.2, 0.25) is 0 Å². The molecule has 134 valence electrons. The summed E-state index contributed by atoms with van der Waals surface area (Å²) in [6.45, 7) is 2.29. The minimum Gasteiger partial charge on any atom is -0.497 e. The number of aryl methyl sites for hydroxylation is 1. The molecule has 1 amide bonds. The Bertz CT molecular complexity index is 827. The van der Waals surface area contributed by atoms with Crippen LogP contribution in [0.15, 0.2) is 66.0 Å². The summed E-state index contributed by atoms with van der Waals surface area (Å²) in [7, 11) is 1.62. The molecule has 0 saturated carbocycles. The highest BCUT2D eigenvalue weighted by molar-refractivity contribution is 7.10. The average Bonchev–Trinajstić information content (AvgIpc) is 3.18. The Kier molecular flexibility index (Phi) is 6.04. The van der Waals surface area contributed by atoms with Crippen LogP contribution in [0.3, 0.4) is 0 Å². The number of anilines is 1. The zero-order chi connectivity index (χ0) is 18.4. The zero-order valence-electron chi connectivity index (χ0n) is 14.9. The molecule has 5 heteroatoms. The molecule has 3 rings (SSSR count). The molecular formula is C21H22N2O2S. The molecule has 0 saturated heterocycles. The molecule has 3 aromatic rings. The fourth-order valence-corrected chi connectivity index (χ4v) is 3.50. The van der Waals surface area contributed by atoms with Crippen LogP contribution < -0.4 is 15.4 Å². The maximum absolute atomic E-state index is 12.3. The van der Waals surface area contributed by atoms with E-state index in [1.807, 2.05) is 30.3 Å². The molecular weight excluding hydrogens is 344 g/mol. The minimum atomic E-state index is -0.0798. The third kappa shape index (κ3) is 4.71. The molecule has 0 bridgehead atoms. The van der Waals surface area contributed by atoms with Crippen molar-refractivity contribution in [1.29, 1.82) is 0 Å². The van der Waals surface area contributed by atoms with E-state index in [0.29, 0.717) is 0 Å². The number of methoxy groups -OCH3 is 1. The summed E-state index contributed by atoms with van der Waals surface area (Å²) in [6.07, 6.45) is 0. The Morgan fingerprint density at radius 2 is 1.81 bits per heavy atom. The quantitative estimate of drug-likeness (QED) is 0.652. The van der Waals surface area contributed by atoms with Gasteiger partial charge < -0.3 is 10.1 Å². The van der Waals surface area contributed by atoms with E-state index in [-0.39, 0.29) is 18.5 Å². The first kappa shape index (κ1) is 18.2. The molecule has 0 unspecified atom stereocenters. The Morgan fingerprint density at radius 3 is 2.42 bits per heavy atom. The third-order valence-electron chi connectivity index (χ3n) is 4.08. The maximum Gasteiger partial charge on any atom is 0.238 e. The predicted molar refractivity (Wildman–Crippen MR) is 107 cm³/mol. The lowest BCUT2D eigenvalue weighted by Crippen LogP contribution is -2.31. The first-order valence-electron chi connectivity index (χ1n) is 8.43.